The Morgan fingerprint density at radius 3 is 2.67 bits per heavy atom. The van der Waals surface area contributed by atoms with Crippen LogP contribution in [0.3, 0.4) is 0 Å². The summed E-state index contributed by atoms with van der Waals surface area (Å²) in [4.78, 5) is 9.61. The van der Waals surface area contributed by atoms with Crippen LogP contribution in [0.1, 0.15) is 12.1 Å². The van der Waals surface area contributed by atoms with Crippen LogP contribution in [0.15, 0.2) is 72.5 Å². The number of anilines is 2. The molecule has 0 aliphatic heterocycles. The van der Waals surface area contributed by atoms with Crippen LogP contribution in [0.25, 0.3) is 11.0 Å². The molecule has 3 aromatic rings. The largest absolute Gasteiger partial charge is 0.382 e. The zero-order chi connectivity index (χ0) is 18.6. The molecule has 0 spiro atoms. The van der Waals surface area contributed by atoms with Crippen molar-refractivity contribution in [3.8, 4) is 0 Å². The van der Waals surface area contributed by atoms with Crippen molar-refractivity contribution in [2.24, 2.45) is 0 Å². The summed E-state index contributed by atoms with van der Waals surface area (Å²) in [5, 5.41) is 7.87. The lowest BCUT2D eigenvalue weighted by Gasteiger charge is -2.17. The average Bonchev–Trinajstić information content (AvgIpc) is 2.66. The second-order valence-electron chi connectivity index (χ2n) is 6.36. The molecule has 2 aromatic carbocycles. The lowest BCUT2D eigenvalue weighted by molar-refractivity contribution is 0.735. The molecule has 2 N–H and O–H groups in total. The Balaban J connectivity index is 1.64. The first-order valence-corrected chi connectivity index (χ1v) is 9.71. The minimum Gasteiger partial charge on any atom is -0.382 e. The standard InChI is InChI=1S/C21H18ClN4Si/c22-14-5-3-6-15(11-14)23-13-20-21(24-16-7-4-8-17(27)12-16)26-19-10-2-1-9-18(19)25-20/h1-10,12,14,23H,11,13H2,(H,24,26). The fourth-order valence-corrected chi connectivity index (χ4v) is 3.46. The number of rotatable bonds is 5. The third kappa shape index (κ3) is 4.38. The van der Waals surface area contributed by atoms with E-state index in [2.05, 4.69) is 27.0 Å². The lowest BCUT2D eigenvalue weighted by Crippen LogP contribution is -2.19. The van der Waals surface area contributed by atoms with Gasteiger partial charge in [0.2, 0.25) is 0 Å². The van der Waals surface area contributed by atoms with Gasteiger partial charge < -0.3 is 10.6 Å². The monoisotopic (exact) mass is 389 g/mol. The Bertz CT molecular complexity index is 1030. The van der Waals surface area contributed by atoms with Crippen LogP contribution in [0.5, 0.6) is 0 Å². The predicted molar refractivity (Wildman–Crippen MR) is 113 cm³/mol. The number of hydrogen-bond acceptors (Lipinski definition) is 4. The van der Waals surface area contributed by atoms with Crippen molar-refractivity contribution in [1.29, 1.82) is 0 Å². The van der Waals surface area contributed by atoms with Crippen LogP contribution >= 0.6 is 11.6 Å². The SMILES string of the molecule is [Si]c1cccc(Nc2nc3ccccc3nc2CNC2=CC=CC(Cl)C2)c1. The number of aromatic nitrogens is 2. The molecule has 4 rings (SSSR count). The van der Waals surface area contributed by atoms with Gasteiger partial charge in [-0.25, -0.2) is 9.97 Å². The number of benzene rings is 2. The molecule has 0 bridgehead atoms. The summed E-state index contributed by atoms with van der Waals surface area (Å²) in [6.45, 7) is 0.566. The Labute approximate surface area is 166 Å². The first-order valence-electron chi connectivity index (χ1n) is 8.77. The van der Waals surface area contributed by atoms with Crippen LogP contribution in [0.4, 0.5) is 11.5 Å². The molecule has 27 heavy (non-hydrogen) atoms. The van der Waals surface area contributed by atoms with E-state index in [0.29, 0.717) is 6.54 Å². The van der Waals surface area contributed by atoms with Gasteiger partial charge in [0.05, 0.1) is 33.2 Å². The highest BCUT2D eigenvalue weighted by atomic mass is 35.5. The van der Waals surface area contributed by atoms with Gasteiger partial charge in [-0.3, -0.25) is 0 Å². The maximum atomic E-state index is 6.21. The first-order chi connectivity index (χ1) is 13.2. The highest BCUT2D eigenvalue weighted by Gasteiger charge is 2.12. The average molecular weight is 390 g/mol. The maximum absolute atomic E-state index is 6.21. The lowest BCUT2D eigenvalue weighted by atomic mass is 10.1. The molecule has 133 valence electrons. The van der Waals surface area contributed by atoms with Gasteiger partial charge >= 0.3 is 0 Å². The normalized spacial score (nSPS) is 16.2. The molecule has 0 saturated carbocycles. The number of nitrogens with one attached hydrogen (secondary N) is 2. The Hall–Kier alpha value is -2.63. The molecule has 1 aliphatic rings. The van der Waals surface area contributed by atoms with Crippen molar-refractivity contribution in [2.75, 3.05) is 5.32 Å². The van der Waals surface area contributed by atoms with E-state index in [1.165, 1.54) is 0 Å². The smallest absolute Gasteiger partial charge is 0.154 e. The summed E-state index contributed by atoms with van der Waals surface area (Å²) in [5.74, 6) is 0.743. The molecule has 1 aromatic heterocycles. The van der Waals surface area contributed by atoms with Gasteiger partial charge in [-0.2, -0.15) is 0 Å². The van der Waals surface area contributed by atoms with Crippen molar-refractivity contribution in [3.05, 3.63) is 78.1 Å². The molecule has 1 aliphatic carbocycles. The van der Waals surface area contributed by atoms with Gasteiger partial charge in [0.1, 0.15) is 5.69 Å². The Kier molecular flexibility index (Phi) is 5.22. The van der Waals surface area contributed by atoms with E-state index in [4.69, 9.17) is 21.6 Å². The van der Waals surface area contributed by atoms with Gasteiger partial charge in [-0.1, -0.05) is 41.6 Å². The summed E-state index contributed by atoms with van der Waals surface area (Å²) >= 11 is 6.21. The third-order valence-electron chi connectivity index (χ3n) is 4.28. The predicted octanol–water partition coefficient (Wildman–Crippen LogP) is 3.71. The number of halogens is 1. The van der Waals surface area contributed by atoms with Gasteiger partial charge in [0.15, 0.2) is 5.82 Å². The van der Waals surface area contributed by atoms with Crippen LogP contribution in [0, 0.1) is 0 Å². The van der Waals surface area contributed by atoms with Gasteiger partial charge in [0.25, 0.3) is 0 Å². The molecule has 6 heteroatoms. The van der Waals surface area contributed by atoms with E-state index < -0.39 is 0 Å². The molecule has 1 heterocycles. The van der Waals surface area contributed by atoms with E-state index in [1.54, 1.807) is 0 Å². The molecule has 1 atom stereocenters. The second kappa shape index (κ2) is 7.94. The van der Waals surface area contributed by atoms with Crippen molar-refractivity contribution in [2.45, 2.75) is 18.3 Å². The quantitative estimate of drug-likeness (QED) is 0.516. The zero-order valence-corrected chi connectivity index (χ0v) is 16.4. The first kappa shape index (κ1) is 17.8. The highest BCUT2D eigenvalue weighted by Crippen LogP contribution is 2.22. The van der Waals surface area contributed by atoms with Crippen molar-refractivity contribution in [1.82, 2.24) is 15.3 Å². The van der Waals surface area contributed by atoms with Crippen LogP contribution in [0.2, 0.25) is 0 Å². The van der Waals surface area contributed by atoms with Crippen LogP contribution in [-0.2, 0) is 6.54 Å². The van der Waals surface area contributed by atoms with Crippen molar-refractivity contribution < 1.29 is 0 Å². The highest BCUT2D eigenvalue weighted by molar-refractivity contribution is 6.32. The van der Waals surface area contributed by atoms with E-state index >= 15 is 0 Å². The molecule has 0 amide bonds. The topological polar surface area (TPSA) is 49.8 Å². The Morgan fingerprint density at radius 2 is 1.89 bits per heavy atom. The minimum absolute atomic E-state index is 0.0271. The number of para-hydroxylation sites is 2. The van der Waals surface area contributed by atoms with Crippen LogP contribution in [-0.4, -0.2) is 25.6 Å². The summed E-state index contributed by atoms with van der Waals surface area (Å²) in [5.41, 5.74) is 4.64. The third-order valence-corrected chi connectivity index (χ3v) is 4.89. The number of nitrogens with zero attached hydrogens (tertiary/aromatic N) is 2. The number of hydrogen-bond donors (Lipinski definition) is 2. The maximum Gasteiger partial charge on any atom is 0.154 e. The number of fused-ring (bicyclic) bond motifs is 1. The van der Waals surface area contributed by atoms with Gasteiger partial charge in [-0.15, -0.1) is 11.6 Å². The molecule has 0 fully saturated rings. The fourth-order valence-electron chi connectivity index (χ4n) is 2.96. The number of alkyl halides is 1. The summed E-state index contributed by atoms with van der Waals surface area (Å²) in [6, 6.07) is 15.9. The zero-order valence-electron chi connectivity index (χ0n) is 14.6. The van der Waals surface area contributed by atoms with Crippen molar-refractivity contribution in [3.63, 3.8) is 0 Å². The molecular formula is C21H18ClN4Si. The fraction of sp³-hybridized carbons (Fsp3) is 0.143. The molecular weight excluding hydrogens is 372 g/mol. The van der Waals surface area contributed by atoms with Crippen molar-refractivity contribution >= 4 is 49.6 Å². The van der Waals surface area contributed by atoms with E-state index in [-0.39, 0.29) is 5.38 Å². The van der Waals surface area contributed by atoms with Gasteiger partial charge in [0, 0.05) is 17.8 Å². The van der Waals surface area contributed by atoms with E-state index in [1.807, 2.05) is 60.7 Å². The van der Waals surface area contributed by atoms with Crippen LogP contribution < -0.4 is 15.8 Å². The van der Waals surface area contributed by atoms with E-state index in [9.17, 15) is 0 Å². The molecule has 3 radical (unpaired) electrons. The molecule has 1 unspecified atom stereocenters. The van der Waals surface area contributed by atoms with E-state index in [0.717, 1.165) is 45.5 Å². The molecule has 0 saturated heterocycles. The Morgan fingerprint density at radius 1 is 1.07 bits per heavy atom. The summed E-state index contributed by atoms with van der Waals surface area (Å²) in [7, 11) is 3.56. The summed E-state index contributed by atoms with van der Waals surface area (Å²) < 4.78 is 0. The molecule has 4 nitrogen and oxygen atoms in total. The second-order valence-corrected chi connectivity index (χ2v) is 7.50. The number of allylic oxidation sites excluding steroid dienone is 4. The minimum atomic E-state index is 0.0271. The summed E-state index contributed by atoms with van der Waals surface area (Å²) in [6.07, 6.45) is 6.81. The van der Waals surface area contributed by atoms with Gasteiger partial charge in [-0.05, 0) is 30.3 Å².